The van der Waals surface area contributed by atoms with Crippen LogP contribution in [0.1, 0.15) is 11.1 Å². The van der Waals surface area contributed by atoms with Crippen LogP contribution in [0.25, 0.3) is 5.69 Å². The number of halogens is 3. The predicted octanol–water partition coefficient (Wildman–Crippen LogP) is 4.39. The first-order chi connectivity index (χ1) is 15.0. The molecule has 2 heterocycles. The molecule has 3 aromatic rings. The molecule has 31 heavy (non-hydrogen) atoms. The standard InChI is InChI=1S/C22H18Cl3N5O/c23-18-11-17(30-22(31)21(25)19(24)13-27-30)5-6-20(18)29-9-7-28(8-10-29)14-16-3-1-15(12-26)2-4-16/h1-6,11,13H,7-10,14H2. The first-order valence-corrected chi connectivity index (χ1v) is 10.8. The number of aromatic nitrogens is 2. The van der Waals surface area contributed by atoms with E-state index in [1.165, 1.54) is 16.4 Å². The topological polar surface area (TPSA) is 65.2 Å². The Kier molecular flexibility index (Phi) is 6.49. The number of hydrogen-bond acceptors (Lipinski definition) is 5. The predicted molar refractivity (Wildman–Crippen MR) is 124 cm³/mol. The largest absolute Gasteiger partial charge is 0.368 e. The van der Waals surface area contributed by atoms with Crippen LogP contribution in [0.5, 0.6) is 0 Å². The molecule has 9 heteroatoms. The maximum Gasteiger partial charge on any atom is 0.291 e. The maximum absolute atomic E-state index is 12.3. The summed E-state index contributed by atoms with van der Waals surface area (Å²) in [5, 5.41) is 13.5. The molecule has 0 saturated carbocycles. The summed E-state index contributed by atoms with van der Waals surface area (Å²) in [5.41, 5.74) is 2.81. The van der Waals surface area contributed by atoms with Gasteiger partial charge in [0, 0.05) is 32.7 Å². The van der Waals surface area contributed by atoms with Crippen molar-refractivity contribution >= 4 is 40.5 Å². The van der Waals surface area contributed by atoms with Gasteiger partial charge in [-0.1, -0.05) is 46.9 Å². The van der Waals surface area contributed by atoms with Gasteiger partial charge >= 0.3 is 0 Å². The number of hydrogen-bond donors (Lipinski definition) is 0. The molecule has 1 aromatic heterocycles. The van der Waals surface area contributed by atoms with Gasteiger partial charge in [-0.05, 0) is 35.9 Å². The summed E-state index contributed by atoms with van der Waals surface area (Å²) in [6.07, 6.45) is 1.33. The van der Waals surface area contributed by atoms with Crippen molar-refractivity contribution < 1.29 is 0 Å². The Bertz CT molecular complexity index is 1200. The van der Waals surface area contributed by atoms with Gasteiger partial charge in [0.15, 0.2) is 0 Å². The van der Waals surface area contributed by atoms with Crippen molar-refractivity contribution in [2.45, 2.75) is 6.54 Å². The average Bonchev–Trinajstić information content (AvgIpc) is 2.79. The molecule has 0 unspecified atom stereocenters. The molecule has 0 aliphatic carbocycles. The van der Waals surface area contributed by atoms with Crippen LogP contribution in [0, 0.1) is 11.3 Å². The number of nitrogens with zero attached hydrogens (tertiary/aromatic N) is 5. The zero-order valence-electron chi connectivity index (χ0n) is 16.4. The lowest BCUT2D eigenvalue weighted by Gasteiger charge is -2.36. The fraction of sp³-hybridized carbons (Fsp3) is 0.227. The summed E-state index contributed by atoms with van der Waals surface area (Å²) in [7, 11) is 0. The second-order valence-corrected chi connectivity index (χ2v) is 8.42. The van der Waals surface area contributed by atoms with Gasteiger partial charge in [0.2, 0.25) is 0 Å². The van der Waals surface area contributed by atoms with E-state index in [0.29, 0.717) is 16.3 Å². The normalized spacial score (nSPS) is 14.5. The van der Waals surface area contributed by atoms with E-state index in [9.17, 15) is 4.79 Å². The average molecular weight is 475 g/mol. The molecular weight excluding hydrogens is 457 g/mol. The van der Waals surface area contributed by atoms with E-state index in [4.69, 9.17) is 40.1 Å². The van der Waals surface area contributed by atoms with E-state index < -0.39 is 5.56 Å². The van der Waals surface area contributed by atoms with Crippen LogP contribution in [-0.4, -0.2) is 40.9 Å². The quantitative estimate of drug-likeness (QED) is 0.561. The van der Waals surface area contributed by atoms with Gasteiger partial charge in [-0.2, -0.15) is 15.0 Å². The van der Waals surface area contributed by atoms with Crippen molar-refractivity contribution in [3.63, 3.8) is 0 Å². The van der Waals surface area contributed by atoms with E-state index in [-0.39, 0.29) is 10.0 Å². The van der Waals surface area contributed by atoms with Crippen LogP contribution in [0.2, 0.25) is 15.1 Å². The fourth-order valence-electron chi connectivity index (χ4n) is 3.57. The highest BCUT2D eigenvalue weighted by atomic mass is 35.5. The monoisotopic (exact) mass is 473 g/mol. The van der Waals surface area contributed by atoms with Crippen LogP contribution in [0.4, 0.5) is 5.69 Å². The molecule has 0 bridgehead atoms. The van der Waals surface area contributed by atoms with E-state index in [0.717, 1.165) is 38.4 Å². The highest BCUT2D eigenvalue weighted by Gasteiger charge is 2.20. The van der Waals surface area contributed by atoms with Gasteiger partial charge in [-0.3, -0.25) is 9.69 Å². The minimum Gasteiger partial charge on any atom is -0.368 e. The molecule has 6 nitrogen and oxygen atoms in total. The lowest BCUT2D eigenvalue weighted by Crippen LogP contribution is -2.46. The SMILES string of the molecule is N#Cc1ccc(CN2CCN(c3ccc(-n4ncc(Cl)c(Cl)c4=O)cc3Cl)CC2)cc1. The highest BCUT2D eigenvalue weighted by molar-refractivity contribution is 6.41. The van der Waals surface area contributed by atoms with Crippen LogP contribution >= 0.6 is 34.8 Å². The van der Waals surface area contributed by atoms with Crippen LogP contribution < -0.4 is 10.5 Å². The van der Waals surface area contributed by atoms with Crippen molar-refractivity contribution in [3.8, 4) is 11.8 Å². The zero-order chi connectivity index (χ0) is 22.0. The molecular formula is C22H18Cl3N5O. The summed E-state index contributed by atoms with van der Waals surface area (Å²) in [5.74, 6) is 0. The number of benzene rings is 2. The van der Waals surface area contributed by atoms with E-state index in [1.54, 1.807) is 12.1 Å². The molecule has 4 rings (SSSR count). The van der Waals surface area contributed by atoms with Gasteiger partial charge in [0.25, 0.3) is 5.56 Å². The molecule has 0 amide bonds. The van der Waals surface area contributed by atoms with E-state index >= 15 is 0 Å². The molecule has 1 aliphatic heterocycles. The maximum atomic E-state index is 12.3. The smallest absolute Gasteiger partial charge is 0.291 e. The summed E-state index contributed by atoms with van der Waals surface area (Å²) >= 11 is 18.3. The molecule has 0 N–H and O–H groups in total. The molecule has 0 radical (unpaired) electrons. The van der Waals surface area contributed by atoms with Gasteiger partial charge in [-0.15, -0.1) is 0 Å². The minimum atomic E-state index is -0.491. The van der Waals surface area contributed by atoms with E-state index in [1.807, 2.05) is 30.3 Å². The van der Waals surface area contributed by atoms with Crippen LogP contribution in [0.15, 0.2) is 53.5 Å². The fourth-order valence-corrected chi connectivity index (χ4v) is 4.12. The van der Waals surface area contributed by atoms with E-state index in [2.05, 4.69) is 21.0 Å². The van der Waals surface area contributed by atoms with Crippen molar-refractivity contribution in [1.29, 1.82) is 5.26 Å². The Morgan fingerprint density at radius 1 is 0.968 bits per heavy atom. The number of anilines is 1. The highest BCUT2D eigenvalue weighted by Crippen LogP contribution is 2.29. The van der Waals surface area contributed by atoms with Crippen LogP contribution in [0.3, 0.4) is 0 Å². The molecule has 1 saturated heterocycles. The van der Waals surface area contributed by atoms with Crippen molar-refractivity contribution in [2.24, 2.45) is 0 Å². The van der Waals surface area contributed by atoms with Gasteiger partial charge in [0.05, 0.1) is 39.2 Å². The van der Waals surface area contributed by atoms with Crippen molar-refractivity contribution in [3.05, 3.63) is 85.2 Å². The van der Waals surface area contributed by atoms with Crippen molar-refractivity contribution in [1.82, 2.24) is 14.7 Å². The Morgan fingerprint density at radius 3 is 2.32 bits per heavy atom. The summed E-state index contributed by atoms with van der Waals surface area (Å²) in [6, 6.07) is 15.2. The second kappa shape index (κ2) is 9.29. The second-order valence-electron chi connectivity index (χ2n) is 7.23. The lowest BCUT2D eigenvalue weighted by molar-refractivity contribution is 0.250. The third-order valence-corrected chi connectivity index (χ3v) is 6.31. The number of rotatable bonds is 4. The first-order valence-electron chi connectivity index (χ1n) is 9.66. The van der Waals surface area contributed by atoms with Crippen LogP contribution in [-0.2, 0) is 6.54 Å². The Morgan fingerprint density at radius 2 is 1.68 bits per heavy atom. The zero-order valence-corrected chi connectivity index (χ0v) is 18.7. The number of piperazine rings is 1. The summed E-state index contributed by atoms with van der Waals surface area (Å²) in [6.45, 7) is 4.30. The van der Waals surface area contributed by atoms with Gasteiger partial charge < -0.3 is 4.90 Å². The third kappa shape index (κ3) is 4.70. The third-order valence-electron chi connectivity index (χ3n) is 5.25. The lowest BCUT2D eigenvalue weighted by atomic mass is 10.1. The first kappa shape index (κ1) is 21.7. The molecule has 158 valence electrons. The Labute approximate surface area is 194 Å². The Hall–Kier alpha value is -2.56. The molecule has 2 aromatic carbocycles. The number of nitriles is 1. The molecule has 1 aliphatic rings. The summed E-state index contributed by atoms with van der Waals surface area (Å²) in [4.78, 5) is 16.9. The van der Waals surface area contributed by atoms with Gasteiger partial charge in [-0.25, -0.2) is 0 Å². The summed E-state index contributed by atoms with van der Waals surface area (Å²) < 4.78 is 1.18. The van der Waals surface area contributed by atoms with Crippen molar-refractivity contribution in [2.75, 3.05) is 31.1 Å². The molecule has 1 fully saturated rings. The Balaban J connectivity index is 1.43. The minimum absolute atomic E-state index is 0.0738. The molecule has 0 atom stereocenters. The van der Waals surface area contributed by atoms with Gasteiger partial charge in [0.1, 0.15) is 5.02 Å². The molecule has 0 spiro atoms.